The number of nitrogens with zero attached hydrogens (tertiary/aromatic N) is 3. The second-order valence-corrected chi connectivity index (χ2v) is 7.43. The van der Waals surface area contributed by atoms with Crippen LogP contribution in [0, 0.1) is 5.82 Å². The van der Waals surface area contributed by atoms with Gasteiger partial charge in [-0.25, -0.2) is 9.18 Å². The van der Waals surface area contributed by atoms with Crippen LogP contribution in [-0.4, -0.2) is 20.3 Å². The number of para-hydroxylation sites is 1. The van der Waals surface area contributed by atoms with Crippen molar-refractivity contribution in [3.63, 3.8) is 0 Å². The molecule has 0 bridgehead atoms. The van der Waals surface area contributed by atoms with Crippen LogP contribution in [0.25, 0.3) is 5.69 Å². The number of carbonyl (C=O) groups excluding carboxylic acids is 1. The Morgan fingerprint density at radius 2 is 1.60 bits per heavy atom. The third-order valence-corrected chi connectivity index (χ3v) is 4.98. The summed E-state index contributed by atoms with van der Waals surface area (Å²) in [5.41, 5.74) is -2.98. The SMILES string of the molecule is O=C(Nc1cccc(F)c1)c1nn(-c2ccccc2)c(=O)n(Cc2ccc(C(F)(F)F)cc2)c1=O. The summed E-state index contributed by atoms with van der Waals surface area (Å²) in [6.07, 6.45) is -4.55. The molecule has 1 aromatic heterocycles. The lowest BCUT2D eigenvalue weighted by Crippen LogP contribution is -2.45. The molecule has 1 heterocycles. The summed E-state index contributed by atoms with van der Waals surface area (Å²) in [5.74, 6) is -1.61. The van der Waals surface area contributed by atoms with Gasteiger partial charge in [-0.2, -0.15) is 23.0 Å². The van der Waals surface area contributed by atoms with Gasteiger partial charge in [-0.1, -0.05) is 36.4 Å². The van der Waals surface area contributed by atoms with Gasteiger partial charge in [-0.05, 0) is 48.0 Å². The maximum absolute atomic E-state index is 13.5. The van der Waals surface area contributed by atoms with Crippen LogP contribution in [0.4, 0.5) is 23.2 Å². The molecule has 0 aliphatic heterocycles. The number of alkyl halides is 3. The predicted octanol–water partition coefficient (Wildman–Crippen LogP) is 3.85. The molecule has 1 amide bonds. The van der Waals surface area contributed by atoms with Crippen molar-refractivity contribution in [2.24, 2.45) is 0 Å². The second kappa shape index (κ2) is 9.37. The smallest absolute Gasteiger partial charge is 0.320 e. The van der Waals surface area contributed by atoms with Gasteiger partial charge in [0.25, 0.3) is 11.5 Å². The minimum Gasteiger partial charge on any atom is -0.320 e. The molecule has 35 heavy (non-hydrogen) atoms. The van der Waals surface area contributed by atoms with E-state index in [1.54, 1.807) is 18.2 Å². The minimum atomic E-state index is -4.55. The van der Waals surface area contributed by atoms with Crippen LogP contribution in [0.5, 0.6) is 0 Å². The Hall–Kier alpha value is -4.54. The molecule has 7 nitrogen and oxygen atoms in total. The molecular formula is C24H16F4N4O3. The molecule has 0 spiro atoms. The third kappa shape index (κ3) is 5.18. The molecule has 0 unspecified atom stereocenters. The van der Waals surface area contributed by atoms with Gasteiger partial charge in [-0.15, -0.1) is 0 Å². The van der Waals surface area contributed by atoms with Gasteiger partial charge in [0.05, 0.1) is 17.8 Å². The Kier molecular flexibility index (Phi) is 6.32. The minimum absolute atomic E-state index is 0.0583. The van der Waals surface area contributed by atoms with E-state index in [-0.39, 0.29) is 16.9 Å². The number of aromatic nitrogens is 3. The van der Waals surface area contributed by atoms with Gasteiger partial charge in [0, 0.05) is 5.69 Å². The normalized spacial score (nSPS) is 11.3. The number of amides is 1. The van der Waals surface area contributed by atoms with E-state index in [1.165, 1.54) is 30.3 Å². The summed E-state index contributed by atoms with van der Waals surface area (Å²) >= 11 is 0. The maximum Gasteiger partial charge on any atom is 0.416 e. The Labute approximate surface area is 194 Å². The van der Waals surface area contributed by atoms with Gasteiger partial charge in [0.15, 0.2) is 0 Å². The summed E-state index contributed by atoms with van der Waals surface area (Å²) < 4.78 is 53.7. The Morgan fingerprint density at radius 3 is 2.23 bits per heavy atom. The molecule has 4 rings (SSSR count). The zero-order valence-corrected chi connectivity index (χ0v) is 17.8. The van der Waals surface area contributed by atoms with Crippen LogP contribution in [-0.2, 0) is 12.7 Å². The fourth-order valence-electron chi connectivity index (χ4n) is 3.27. The number of anilines is 1. The summed E-state index contributed by atoms with van der Waals surface area (Å²) in [7, 11) is 0. The number of hydrogen-bond acceptors (Lipinski definition) is 4. The molecule has 1 N–H and O–H groups in total. The first-order chi connectivity index (χ1) is 16.6. The molecule has 0 saturated heterocycles. The fraction of sp³-hybridized carbons (Fsp3) is 0.0833. The first-order valence-corrected chi connectivity index (χ1v) is 10.2. The largest absolute Gasteiger partial charge is 0.416 e. The molecular weight excluding hydrogens is 468 g/mol. The van der Waals surface area contributed by atoms with Gasteiger partial charge >= 0.3 is 11.9 Å². The van der Waals surface area contributed by atoms with E-state index in [4.69, 9.17) is 0 Å². The number of hydrogen-bond donors (Lipinski definition) is 1. The molecule has 3 aromatic carbocycles. The molecule has 0 aliphatic carbocycles. The average Bonchev–Trinajstić information content (AvgIpc) is 2.82. The molecule has 0 saturated carbocycles. The predicted molar refractivity (Wildman–Crippen MR) is 119 cm³/mol. The van der Waals surface area contributed by atoms with Crippen LogP contribution in [0.2, 0.25) is 0 Å². The van der Waals surface area contributed by atoms with Crippen molar-refractivity contribution in [1.82, 2.24) is 14.3 Å². The van der Waals surface area contributed by atoms with E-state index in [0.717, 1.165) is 35.0 Å². The Bertz CT molecular complexity index is 1490. The van der Waals surface area contributed by atoms with Gasteiger partial charge < -0.3 is 5.32 Å². The standard InChI is InChI=1S/C24H16F4N4O3/c25-17-5-4-6-18(13-17)29-21(33)20-22(34)31(14-15-9-11-16(12-10-15)24(26,27)28)23(35)32(30-20)19-7-2-1-3-8-19/h1-13H,14H2,(H,29,33). The Balaban J connectivity index is 1.80. The van der Waals surface area contributed by atoms with E-state index in [9.17, 15) is 31.9 Å². The Morgan fingerprint density at radius 1 is 0.914 bits per heavy atom. The molecule has 0 aliphatic rings. The van der Waals surface area contributed by atoms with E-state index < -0.39 is 47.0 Å². The van der Waals surface area contributed by atoms with E-state index >= 15 is 0 Å². The lowest BCUT2D eigenvalue weighted by atomic mass is 10.1. The van der Waals surface area contributed by atoms with Gasteiger partial charge in [-0.3, -0.25) is 14.2 Å². The van der Waals surface area contributed by atoms with Crippen molar-refractivity contribution in [2.45, 2.75) is 12.7 Å². The van der Waals surface area contributed by atoms with E-state index in [1.807, 2.05) is 0 Å². The number of benzene rings is 3. The van der Waals surface area contributed by atoms with Gasteiger partial charge in [0.1, 0.15) is 5.82 Å². The van der Waals surface area contributed by atoms with Crippen LogP contribution < -0.4 is 16.6 Å². The molecule has 4 aromatic rings. The molecule has 11 heteroatoms. The monoisotopic (exact) mass is 484 g/mol. The second-order valence-electron chi connectivity index (χ2n) is 7.43. The summed E-state index contributed by atoms with van der Waals surface area (Å²) in [6, 6.07) is 16.8. The zero-order chi connectivity index (χ0) is 25.2. The van der Waals surface area contributed by atoms with Crippen LogP contribution in [0.1, 0.15) is 21.6 Å². The maximum atomic E-state index is 13.5. The number of halogens is 4. The number of carbonyl (C=O) groups is 1. The lowest BCUT2D eigenvalue weighted by molar-refractivity contribution is -0.137. The number of rotatable bonds is 5. The fourth-order valence-corrected chi connectivity index (χ4v) is 3.27. The quantitative estimate of drug-likeness (QED) is 0.436. The van der Waals surface area contributed by atoms with Crippen LogP contribution in [0.15, 0.2) is 88.5 Å². The van der Waals surface area contributed by atoms with Crippen LogP contribution in [0.3, 0.4) is 0 Å². The van der Waals surface area contributed by atoms with Gasteiger partial charge in [0.2, 0.25) is 5.69 Å². The highest BCUT2D eigenvalue weighted by atomic mass is 19.4. The molecule has 0 atom stereocenters. The van der Waals surface area contributed by atoms with Crippen molar-refractivity contribution in [3.05, 3.63) is 122 Å². The lowest BCUT2D eigenvalue weighted by Gasteiger charge is -2.13. The molecule has 0 radical (unpaired) electrons. The van der Waals surface area contributed by atoms with Crippen molar-refractivity contribution in [3.8, 4) is 5.69 Å². The highest BCUT2D eigenvalue weighted by Gasteiger charge is 2.30. The molecule has 178 valence electrons. The average molecular weight is 484 g/mol. The van der Waals surface area contributed by atoms with Crippen molar-refractivity contribution >= 4 is 11.6 Å². The van der Waals surface area contributed by atoms with E-state index in [2.05, 4.69) is 10.4 Å². The highest BCUT2D eigenvalue weighted by Crippen LogP contribution is 2.29. The third-order valence-electron chi connectivity index (χ3n) is 4.98. The first kappa shape index (κ1) is 23.6. The number of nitrogens with one attached hydrogen (secondary N) is 1. The van der Waals surface area contributed by atoms with Crippen molar-refractivity contribution in [1.29, 1.82) is 0 Å². The summed E-state index contributed by atoms with van der Waals surface area (Å²) in [4.78, 5) is 39.0. The zero-order valence-electron chi connectivity index (χ0n) is 17.8. The first-order valence-electron chi connectivity index (χ1n) is 10.2. The highest BCUT2D eigenvalue weighted by molar-refractivity contribution is 6.02. The summed E-state index contributed by atoms with van der Waals surface area (Å²) in [5, 5.41) is 6.28. The van der Waals surface area contributed by atoms with E-state index in [0.29, 0.717) is 4.57 Å². The summed E-state index contributed by atoms with van der Waals surface area (Å²) in [6.45, 7) is -0.411. The molecule has 0 fully saturated rings. The van der Waals surface area contributed by atoms with Crippen LogP contribution >= 0.6 is 0 Å². The van der Waals surface area contributed by atoms with Crippen molar-refractivity contribution in [2.75, 3.05) is 5.32 Å². The topological polar surface area (TPSA) is 86.0 Å². The van der Waals surface area contributed by atoms with Crippen molar-refractivity contribution < 1.29 is 22.4 Å².